The van der Waals surface area contributed by atoms with Gasteiger partial charge < -0.3 is 25.0 Å². The highest BCUT2D eigenvalue weighted by Gasteiger charge is 2.41. The first-order valence-electron chi connectivity index (χ1n) is 11.1. The van der Waals surface area contributed by atoms with Crippen molar-refractivity contribution in [2.45, 2.75) is 30.8 Å². The summed E-state index contributed by atoms with van der Waals surface area (Å²) in [6.07, 6.45) is 2.85. The molecule has 174 valence electrons. The number of alkyl carbamates (subject to hydrolysis) is 1. The molecule has 2 aromatic carbocycles. The number of hydrogen-bond acceptors (Lipinski definition) is 5. The Labute approximate surface area is 195 Å². The largest absolute Gasteiger partial charge is 0.480 e. The van der Waals surface area contributed by atoms with E-state index in [0.717, 1.165) is 22.3 Å². The molecule has 1 saturated heterocycles. The molecule has 0 radical (unpaired) electrons. The normalized spacial score (nSPS) is 17.3. The van der Waals surface area contributed by atoms with Gasteiger partial charge in [0.15, 0.2) is 0 Å². The number of nitrogens with zero attached hydrogens (tertiary/aromatic N) is 2. The molecule has 0 bridgehead atoms. The monoisotopic (exact) mass is 460 g/mol. The summed E-state index contributed by atoms with van der Waals surface area (Å²) in [5.74, 6) is -1.62. The summed E-state index contributed by atoms with van der Waals surface area (Å²) in [5.41, 5.74) is 5.07. The first-order valence-corrected chi connectivity index (χ1v) is 11.1. The van der Waals surface area contributed by atoms with E-state index in [4.69, 9.17) is 4.74 Å². The predicted octanol–water partition coefficient (Wildman–Crippen LogP) is 2.55. The lowest BCUT2D eigenvalue weighted by Gasteiger charge is -2.40. The molecule has 3 N–H and O–H groups in total. The third-order valence-corrected chi connectivity index (χ3v) is 6.50. The smallest absolute Gasteiger partial charge is 0.407 e. The average molecular weight is 460 g/mol. The fraction of sp³-hybridized carbons (Fsp3) is 0.280. The molecule has 9 nitrogen and oxygen atoms in total. The lowest BCUT2D eigenvalue weighted by atomic mass is 9.98. The van der Waals surface area contributed by atoms with Gasteiger partial charge >= 0.3 is 12.1 Å². The number of aliphatic carboxylic acids is 1. The third kappa shape index (κ3) is 4.00. The van der Waals surface area contributed by atoms with Gasteiger partial charge in [-0.25, -0.2) is 14.6 Å². The molecule has 9 heteroatoms. The molecule has 3 aromatic rings. The van der Waals surface area contributed by atoms with Gasteiger partial charge in [0, 0.05) is 30.8 Å². The summed E-state index contributed by atoms with van der Waals surface area (Å²) in [4.78, 5) is 45.3. The maximum absolute atomic E-state index is 13.0. The van der Waals surface area contributed by atoms with Gasteiger partial charge in [0.1, 0.15) is 18.7 Å². The lowest BCUT2D eigenvalue weighted by Crippen LogP contribution is -2.61. The minimum Gasteiger partial charge on any atom is -0.480 e. The van der Waals surface area contributed by atoms with E-state index in [2.05, 4.69) is 27.4 Å². The Balaban J connectivity index is 1.29. The molecule has 1 aliphatic heterocycles. The average Bonchev–Trinajstić information content (AvgIpc) is 3.42. The minimum atomic E-state index is -1.05. The number of aromatic amines is 1. The van der Waals surface area contributed by atoms with Crippen molar-refractivity contribution < 1.29 is 24.2 Å². The number of benzene rings is 2. The standard InChI is InChI=1S/C25H24N4O5/c30-23(29-10-9-22(29)24(31)32)21(11-15-12-26-14-27-15)28-25(33)34-13-20-18-7-3-1-5-16(18)17-6-2-4-8-19(17)20/h1-8,12,14,20-22H,9-11,13H2,(H,26,27)(H,28,33)(H,31,32). The summed E-state index contributed by atoms with van der Waals surface area (Å²) in [6.45, 7) is 0.452. The van der Waals surface area contributed by atoms with E-state index in [-0.39, 0.29) is 18.9 Å². The van der Waals surface area contributed by atoms with Crippen LogP contribution in [0.1, 0.15) is 29.2 Å². The van der Waals surface area contributed by atoms with Crippen molar-refractivity contribution in [1.29, 1.82) is 0 Å². The van der Waals surface area contributed by atoms with Gasteiger partial charge in [0.2, 0.25) is 5.91 Å². The Bertz CT molecular complexity index is 1180. The van der Waals surface area contributed by atoms with Crippen LogP contribution in [0.2, 0.25) is 0 Å². The van der Waals surface area contributed by atoms with Crippen molar-refractivity contribution >= 4 is 18.0 Å². The quantitative estimate of drug-likeness (QED) is 0.498. The van der Waals surface area contributed by atoms with Crippen LogP contribution in [0.4, 0.5) is 4.79 Å². The molecule has 2 heterocycles. The molecule has 1 aliphatic carbocycles. The van der Waals surface area contributed by atoms with Crippen molar-refractivity contribution in [3.8, 4) is 11.1 Å². The van der Waals surface area contributed by atoms with Crippen LogP contribution >= 0.6 is 0 Å². The van der Waals surface area contributed by atoms with Gasteiger partial charge in [-0.05, 0) is 28.7 Å². The number of imidazole rings is 1. The van der Waals surface area contributed by atoms with E-state index < -0.39 is 30.1 Å². The second-order valence-electron chi connectivity index (χ2n) is 8.48. The summed E-state index contributed by atoms with van der Waals surface area (Å²) < 4.78 is 5.58. The SMILES string of the molecule is O=C(NC(Cc1cnc[nH]1)C(=O)N1CCC1C(=O)O)OCC1c2ccccc2-c2ccccc21. The molecule has 5 rings (SSSR count). The Morgan fingerprint density at radius 2 is 1.79 bits per heavy atom. The van der Waals surface area contributed by atoms with Gasteiger partial charge in [-0.2, -0.15) is 0 Å². The number of nitrogens with one attached hydrogen (secondary N) is 2. The number of amides is 2. The molecule has 2 unspecified atom stereocenters. The molecule has 0 spiro atoms. The van der Waals surface area contributed by atoms with Crippen LogP contribution in [0.25, 0.3) is 11.1 Å². The van der Waals surface area contributed by atoms with Crippen molar-refractivity contribution in [2.24, 2.45) is 0 Å². The zero-order valence-corrected chi connectivity index (χ0v) is 18.3. The molecule has 2 atom stereocenters. The van der Waals surface area contributed by atoms with Crippen molar-refractivity contribution in [1.82, 2.24) is 20.2 Å². The zero-order chi connectivity index (χ0) is 23.7. The minimum absolute atomic E-state index is 0.105. The Morgan fingerprint density at radius 1 is 1.12 bits per heavy atom. The Kier molecular flexibility index (Phi) is 5.75. The Morgan fingerprint density at radius 3 is 2.35 bits per heavy atom. The van der Waals surface area contributed by atoms with Crippen LogP contribution in [-0.4, -0.2) is 63.2 Å². The van der Waals surface area contributed by atoms with Gasteiger partial charge in [-0.3, -0.25) is 4.79 Å². The number of fused-ring (bicyclic) bond motifs is 3. The van der Waals surface area contributed by atoms with Crippen LogP contribution in [0.5, 0.6) is 0 Å². The molecular weight excluding hydrogens is 436 g/mol. The molecule has 1 fully saturated rings. The highest BCUT2D eigenvalue weighted by molar-refractivity contribution is 5.90. The third-order valence-electron chi connectivity index (χ3n) is 6.50. The van der Waals surface area contributed by atoms with E-state index >= 15 is 0 Å². The second-order valence-corrected chi connectivity index (χ2v) is 8.48. The number of hydrogen-bond donors (Lipinski definition) is 3. The van der Waals surface area contributed by atoms with Gasteiger partial charge in [0.05, 0.1) is 6.33 Å². The first-order chi connectivity index (χ1) is 16.5. The topological polar surface area (TPSA) is 125 Å². The number of carbonyl (C=O) groups excluding carboxylic acids is 2. The second kappa shape index (κ2) is 9.01. The van der Waals surface area contributed by atoms with Gasteiger partial charge in [0.25, 0.3) is 0 Å². The molecule has 2 aliphatic rings. The summed E-state index contributed by atoms with van der Waals surface area (Å²) in [5, 5.41) is 12.0. The van der Waals surface area contributed by atoms with E-state index in [9.17, 15) is 19.5 Å². The van der Waals surface area contributed by atoms with Crippen molar-refractivity contribution in [3.63, 3.8) is 0 Å². The van der Waals surface area contributed by atoms with Crippen molar-refractivity contribution in [3.05, 3.63) is 77.9 Å². The predicted molar refractivity (Wildman–Crippen MR) is 122 cm³/mol. The van der Waals surface area contributed by atoms with Crippen LogP contribution in [0.3, 0.4) is 0 Å². The number of aromatic nitrogens is 2. The van der Waals surface area contributed by atoms with E-state index in [0.29, 0.717) is 18.7 Å². The van der Waals surface area contributed by atoms with Crippen LogP contribution in [-0.2, 0) is 20.7 Å². The van der Waals surface area contributed by atoms with Crippen LogP contribution < -0.4 is 5.32 Å². The number of carbonyl (C=O) groups is 3. The lowest BCUT2D eigenvalue weighted by molar-refractivity contribution is -0.158. The highest BCUT2D eigenvalue weighted by Crippen LogP contribution is 2.44. The van der Waals surface area contributed by atoms with Crippen LogP contribution in [0.15, 0.2) is 61.1 Å². The van der Waals surface area contributed by atoms with E-state index in [1.54, 1.807) is 6.20 Å². The number of rotatable bonds is 7. The van der Waals surface area contributed by atoms with E-state index in [1.165, 1.54) is 11.2 Å². The van der Waals surface area contributed by atoms with Crippen LogP contribution in [0, 0.1) is 0 Å². The fourth-order valence-electron chi connectivity index (χ4n) is 4.71. The maximum atomic E-state index is 13.0. The number of carboxylic acid groups (broad SMARTS) is 1. The number of ether oxygens (including phenoxy) is 1. The summed E-state index contributed by atoms with van der Waals surface area (Å²) in [7, 11) is 0. The number of carboxylic acids is 1. The number of likely N-dealkylation sites (tertiary alicyclic amines) is 1. The van der Waals surface area contributed by atoms with Crippen molar-refractivity contribution in [2.75, 3.05) is 13.2 Å². The Hall–Kier alpha value is -4.14. The maximum Gasteiger partial charge on any atom is 0.407 e. The fourth-order valence-corrected chi connectivity index (χ4v) is 4.71. The first kappa shape index (κ1) is 21.7. The van der Waals surface area contributed by atoms with Gasteiger partial charge in [-0.15, -0.1) is 0 Å². The molecular formula is C25H24N4O5. The molecule has 0 saturated carbocycles. The zero-order valence-electron chi connectivity index (χ0n) is 18.3. The van der Waals surface area contributed by atoms with Gasteiger partial charge in [-0.1, -0.05) is 48.5 Å². The number of H-pyrrole nitrogens is 1. The molecule has 1 aromatic heterocycles. The summed E-state index contributed by atoms with van der Waals surface area (Å²) in [6, 6.07) is 14.2. The molecule has 2 amide bonds. The summed E-state index contributed by atoms with van der Waals surface area (Å²) >= 11 is 0. The molecule has 34 heavy (non-hydrogen) atoms. The highest BCUT2D eigenvalue weighted by atomic mass is 16.5. The van der Waals surface area contributed by atoms with E-state index in [1.807, 2.05) is 36.4 Å².